The minimum atomic E-state index is -4.51. The first kappa shape index (κ1) is 25.5. The first-order valence-corrected chi connectivity index (χ1v) is 15.5. The Morgan fingerprint density at radius 1 is 1.08 bits per heavy atom. The van der Waals surface area contributed by atoms with E-state index in [9.17, 15) is 18.0 Å². The molecule has 4 heterocycles. The topological polar surface area (TPSA) is 53.7 Å². The molecule has 5 aliphatic rings. The second kappa shape index (κ2) is 9.56. The zero-order valence-corrected chi connectivity index (χ0v) is 22.6. The fraction of sp³-hybridized carbons (Fsp3) is 0.750. The smallest absolute Gasteiger partial charge is 0.298 e. The van der Waals surface area contributed by atoms with Crippen LogP contribution < -0.4 is 16.5 Å². The van der Waals surface area contributed by atoms with Crippen molar-refractivity contribution >= 4 is 17.3 Å². The molecular formula is C28H38F3N5OS. The predicted octanol–water partition coefficient (Wildman–Crippen LogP) is 5.38. The van der Waals surface area contributed by atoms with E-state index in [1.165, 1.54) is 48.8 Å². The van der Waals surface area contributed by atoms with Gasteiger partial charge in [-0.15, -0.1) is 11.8 Å². The van der Waals surface area contributed by atoms with E-state index in [1.807, 2.05) is 11.8 Å². The van der Waals surface area contributed by atoms with Crippen LogP contribution in [0.15, 0.2) is 23.3 Å². The molecule has 208 valence electrons. The molecule has 10 heteroatoms. The van der Waals surface area contributed by atoms with Crippen molar-refractivity contribution in [3.63, 3.8) is 0 Å². The summed E-state index contributed by atoms with van der Waals surface area (Å²) in [6, 6.07) is 1.23. The van der Waals surface area contributed by atoms with Crippen molar-refractivity contribution in [1.82, 2.24) is 24.7 Å². The number of alkyl halides is 3. The Hall–Kier alpha value is -1.49. The summed E-state index contributed by atoms with van der Waals surface area (Å²) in [7, 11) is 0. The first-order valence-electron chi connectivity index (χ1n) is 14.5. The van der Waals surface area contributed by atoms with Gasteiger partial charge in [0.25, 0.3) is 0 Å². The molecule has 7 rings (SSSR count). The fourth-order valence-electron chi connectivity index (χ4n) is 7.87. The highest BCUT2D eigenvalue weighted by Gasteiger charge is 2.47. The molecule has 5 fully saturated rings. The van der Waals surface area contributed by atoms with Gasteiger partial charge in [0.2, 0.25) is 0 Å². The van der Waals surface area contributed by atoms with E-state index in [0.717, 1.165) is 51.1 Å². The largest absolute Gasteiger partial charge is 0.418 e. The molecule has 3 aliphatic carbocycles. The molecule has 0 aromatic carbocycles. The van der Waals surface area contributed by atoms with E-state index in [0.29, 0.717) is 40.7 Å². The highest BCUT2D eigenvalue weighted by Crippen LogP contribution is 2.53. The van der Waals surface area contributed by atoms with E-state index >= 15 is 0 Å². The van der Waals surface area contributed by atoms with Gasteiger partial charge in [0.1, 0.15) is 0 Å². The minimum Gasteiger partial charge on any atom is -0.298 e. The number of thioether (sulfide) groups is 1. The third-order valence-corrected chi connectivity index (χ3v) is 11.4. The van der Waals surface area contributed by atoms with Crippen LogP contribution in [0.4, 0.5) is 13.2 Å². The normalized spacial score (nSPS) is 30.8. The molecule has 0 radical (unpaired) electrons. The SMILES string of the molecule is O=c1n(C2CCCC([C@@H](C3CCC3)C3NNCS3)C2)cc2c(C(F)(F)F)cc(CN3CCC4(CC4)C3)cn12. The molecule has 6 nitrogen and oxygen atoms in total. The summed E-state index contributed by atoms with van der Waals surface area (Å²) in [5.41, 5.74) is 6.70. The maximum atomic E-state index is 14.2. The Morgan fingerprint density at radius 3 is 2.53 bits per heavy atom. The quantitative estimate of drug-likeness (QED) is 0.507. The van der Waals surface area contributed by atoms with Crippen LogP contribution >= 0.6 is 11.8 Å². The zero-order valence-electron chi connectivity index (χ0n) is 21.8. The number of hydrazine groups is 1. The monoisotopic (exact) mass is 549 g/mol. The van der Waals surface area contributed by atoms with Crippen molar-refractivity contribution in [3.8, 4) is 0 Å². The van der Waals surface area contributed by atoms with Gasteiger partial charge >= 0.3 is 11.9 Å². The molecule has 2 N–H and O–H groups in total. The Bertz CT molecular complexity index is 1240. The number of hydrogen-bond donors (Lipinski definition) is 2. The number of hydrogen-bond acceptors (Lipinski definition) is 5. The van der Waals surface area contributed by atoms with Gasteiger partial charge in [0.15, 0.2) is 0 Å². The molecule has 0 bridgehead atoms. The van der Waals surface area contributed by atoms with Gasteiger partial charge in [-0.1, -0.05) is 25.7 Å². The van der Waals surface area contributed by atoms with Crippen LogP contribution in [0.25, 0.3) is 5.52 Å². The van der Waals surface area contributed by atoms with Crippen LogP contribution in [0.2, 0.25) is 0 Å². The van der Waals surface area contributed by atoms with Crippen LogP contribution in [0.5, 0.6) is 0 Å². The van der Waals surface area contributed by atoms with Crippen LogP contribution in [0.1, 0.15) is 81.4 Å². The number of fused-ring (bicyclic) bond motifs is 1. The van der Waals surface area contributed by atoms with Gasteiger partial charge in [-0.05, 0) is 79.9 Å². The Kier molecular flexibility index (Phi) is 6.41. The summed E-state index contributed by atoms with van der Waals surface area (Å²) in [5, 5.41) is 0.369. The molecule has 4 atom stereocenters. The van der Waals surface area contributed by atoms with Crippen molar-refractivity contribution in [3.05, 3.63) is 40.1 Å². The number of pyridine rings is 1. The van der Waals surface area contributed by atoms with Crippen molar-refractivity contribution in [1.29, 1.82) is 0 Å². The lowest BCUT2D eigenvalue weighted by atomic mass is 9.66. The summed E-state index contributed by atoms with van der Waals surface area (Å²) in [6.07, 6.45) is 9.91. The fourth-order valence-corrected chi connectivity index (χ4v) is 9.05. The van der Waals surface area contributed by atoms with E-state index in [-0.39, 0.29) is 17.2 Å². The Labute approximate surface area is 225 Å². The predicted molar refractivity (Wildman–Crippen MR) is 143 cm³/mol. The number of nitrogens with zero attached hydrogens (tertiary/aromatic N) is 3. The third kappa shape index (κ3) is 4.63. The molecule has 0 amide bonds. The Balaban J connectivity index is 1.19. The maximum Gasteiger partial charge on any atom is 0.418 e. The standard InChI is InChI=1S/C28H38F3N5OS/c29-28(30,31)22-11-18(13-34-10-9-27(16-34)7-8-27)14-36-23(22)15-35(26(36)37)21-6-2-5-20(12-21)24(19-3-1-4-19)25-33-32-17-38-25/h11,14-15,19-21,24-25,32-33H,1-10,12-13,16-17H2/t20?,21?,24-,25?/m1/s1. The van der Waals surface area contributed by atoms with Gasteiger partial charge in [0, 0.05) is 31.5 Å². The van der Waals surface area contributed by atoms with Crippen LogP contribution in [0.3, 0.4) is 0 Å². The summed E-state index contributed by atoms with van der Waals surface area (Å²) in [4.78, 5) is 15.9. The van der Waals surface area contributed by atoms with Crippen LogP contribution in [0, 0.1) is 23.2 Å². The lowest BCUT2D eigenvalue weighted by Crippen LogP contribution is -2.45. The van der Waals surface area contributed by atoms with Gasteiger partial charge in [0.05, 0.1) is 22.3 Å². The molecule has 38 heavy (non-hydrogen) atoms. The Morgan fingerprint density at radius 2 is 1.87 bits per heavy atom. The van der Waals surface area contributed by atoms with Crippen molar-refractivity contribution in [2.24, 2.45) is 23.2 Å². The van der Waals surface area contributed by atoms with Gasteiger partial charge < -0.3 is 0 Å². The van der Waals surface area contributed by atoms with Gasteiger partial charge in [-0.3, -0.25) is 13.9 Å². The second-order valence-corrected chi connectivity index (χ2v) is 13.8. The van der Waals surface area contributed by atoms with Crippen molar-refractivity contribution < 1.29 is 13.2 Å². The number of aromatic nitrogens is 2. The highest BCUT2D eigenvalue weighted by molar-refractivity contribution is 8.00. The molecule has 2 aromatic rings. The molecule has 2 aromatic heterocycles. The molecule has 2 aliphatic heterocycles. The lowest BCUT2D eigenvalue weighted by Gasteiger charge is -2.44. The average molecular weight is 550 g/mol. The van der Waals surface area contributed by atoms with Gasteiger partial charge in [-0.25, -0.2) is 15.6 Å². The third-order valence-electron chi connectivity index (χ3n) is 10.3. The van der Waals surface area contributed by atoms with Crippen molar-refractivity contribution in [2.75, 3.05) is 19.0 Å². The molecular weight excluding hydrogens is 511 g/mol. The van der Waals surface area contributed by atoms with Crippen LogP contribution in [-0.4, -0.2) is 38.2 Å². The van der Waals surface area contributed by atoms with Gasteiger partial charge in [-0.2, -0.15) is 13.2 Å². The first-order chi connectivity index (χ1) is 18.3. The summed E-state index contributed by atoms with van der Waals surface area (Å²) in [5.74, 6) is 2.61. The minimum absolute atomic E-state index is 0.0128. The summed E-state index contributed by atoms with van der Waals surface area (Å²) < 4.78 is 45.7. The maximum absolute atomic E-state index is 14.2. The molecule has 3 saturated carbocycles. The number of halogens is 3. The lowest BCUT2D eigenvalue weighted by molar-refractivity contribution is -0.136. The molecule has 3 unspecified atom stereocenters. The number of rotatable bonds is 6. The zero-order chi connectivity index (χ0) is 26.1. The number of likely N-dealkylation sites (tertiary alicyclic amines) is 1. The number of imidazole rings is 1. The van der Waals surface area contributed by atoms with Crippen LogP contribution in [-0.2, 0) is 12.7 Å². The number of nitrogens with one attached hydrogen (secondary N) is 2. The highest BCUT2D eigenvalue weighted by atomic mass is 32.2. The van der Waals surface area contributed by atoms with Crippen molar-refractivity contribution in [2.45, 2.75) is 88.3 Å². The van der Waals surface area contributed by atoms with E-state index in [4.69, 9.17) is 0 Å². The van der Waals surface area contributed by atoms with E-state index in [2.05, 4.69) is 15.8 Å². The average Bonchev–Trinajstić information content (AvgIpc) is 3.18. The molecule has 1 spiro atoms. The van der Waals surface area contributed by atoms with E-state index < -0.39 is 11.7 Å². The summed E-state index contributed by atoms with van der Waals surface area (Å²) >= 11 is 1.92. The molecule has 2 saturated heterocycles. The second-order valence-electron chi connectivity index (χ2n) is 12.7. The summed E-state index contributed by atoms with van der Waals surface area (Å²) in [6.45, 7) is 2.34. The van der Waals surface area contributed by atoms with E-state index in [1.54, 1.807) is 10.8 Å².